The highest BCUT2D eigenvalue weighted by molar-refractivity contribution is 7.15. The SMILES string of the molecule is CC(C)N(CC(F)(F)F)c1nc2sccn2c1CCN. The molecule has 0 radical (unpaired) electrons. The van der Waals surface area contributed by atoms with Crippen LogP contribution < -0.4 is 10.6 Å². The van der Waals surface area contributed by atoms with Gasteiger partial charge in [0.2, 0.25) is 0 Å². The van der Waals surface area contributed by atoms with Gasteiger partial charge in [-0.05, 0) is 20.4 Å². The zero-order chi connectivity index (χ0) is 14.9. The Morgan fingerprint density at radius 1 is 1.45 bits per heavy atom. The van der Waals surface area contributed by atoms with Crippen LogP contribution in [0, 0.1) is 0 Å². The van der Waals surface area contributed by atoms with Gasteiger partial charge in [0.15, 0.2) is 10.8 Å². The zero-order valence-electron chi connectivity index (χ0n) is 11.3. The summed E-state index contributed by atoms with van der Waals surface area (Å²) in [6.45, 7) is 2.82. The van der Waals surface area contributed by atoms with Crippen molar-refractivity contribution in [3.63, 3.8) is 0 Å². The van der Waals surface area contributed by atoms with Crippen LogP contribution in [0.2, 0.25) is 0 Å². The molecule has 0 spiro atoms. The average molecular weight is 306 g/mol. The molecule has 0 aliphatic carbocycles. The van der Waals surface area contributed by atoms with E-state index in [2.05, 4.69) is 4.98 Å². The molecule has 2 aromatic heterocycles. The van der Waals surface area contributed by atoms with Gasteiger partial charge in [0.25, 0.3) is 0 Å². The van der Waals surface area contributed by atoms with Crippen LogP contribution in [0.1, 0.15) is 19.5 Å². The van der Waals surface area contributed by atoms with Crippen LogP contribution in [0.4, 0.5) is 19.0 Å². The van der Waals surface area contributed by atoms with E-state index >= 15 is 0 Å². The normalized spacial score (nSPS) is 12.6. The molecule has 4 nitrogen and oxygen atoms in total. The summed E-state index contributed by atoms with van der Waals surface area (Å²) >= 11 is 1.40. The van der Waals surface area contributed by atoms with Gasteiger partial charge < -0.3 is 10.6 Å². The number of rotatable bonds is 5. The Labute approximate surface area is 119 Å². The number of anilines is 1. The molecule has 2 aromatic rings. The lowest BCUT2D eigenvalue weighted by atomic mass is 10.2. The van der Waals surface area contributed by atoms with Crippen molar-refractivity contribution in [2.75, 3.05) is 18.0 Å². The average Bonchev–Trinajstić information content (AvgIpc) is 2.87. The van der Waals surface area contributed by atoms with E-state index in [1.807, 2.05) is 16.0 Å². The van der Waals surface area contributed by atoms with E-state index in [4.69, 9.17) is 5.73 Å². The van der Waals surface area contributed by atoms with Crippen molar-refractivity contribution in [1.29, 1.82) is 0 Å². The van der Waals surface area contributed by atoms with Crippen LogP contribution in [0.3, 0.4) is 0 Å². The number of alkyl halides is 3. The number of imidazole rings is 1. The highest BCUT2D eigenvalue weighted by Gasteiger charge is 2.34. The van der Waals surface area contributed by atoms with E-state index in [1.165, 1.54) is 16.2 Å². The molecule has 0 saturated heterocycles. The predicted molar refractivity (Wildman–Crippen MR) is 74.4 cm³/mol. The van der Waals surface area contributed by atoms with Gasteiger partial charge in [-0.2, -0.15) is 13.2 Å². The number of hydrogen-bond donors (Lipinski definition) is 1. The molecule has 0 aromatic carbocycles. The molecule has 0 bridgehead atoms. The Hall–Kier alpha value is -1.28. The molecule has 2 rings (SSSR count). The molecule has 0 fully saturated rings. The van der Waals surface area contributed by atoms with E-state index in [-0.39, 0.29) is 6.04 Å². The van der Waals surface area contributed by atoms with Gasteiger partial charge in [-0.15, -0.1) is 11.3 Å². The first-order chi connectivity index (χ1) is 9.33. The van der Waals surface area contributed by atoms with Crippen molar-refractivity contribution in [2.45, 2.75) is 32.5 Å². The number of halogens is 3. The highest BCUT2D eigenvalue weighted by Crippen LogP contribution is 2.29. The van der Waals surface area contributed by atoms with E-state index in [0.717, 1.165) is 5.69 Å². The molecule has 0 aliphatic heterocycles. The minimum absolute atomic E-state index is 0.294. The largest absolute Gasteiger partial charge is 0.405 e. The van der Waals surface area contributed by atoms with E-state index in [1.54, 1.807) is 13.8 Å². The molecular formula is C12H17F3N4S. The monoisotopic (exact) mass is 306 g/mol. The lowest BCUT2D eigenvalue weighted by molar-refractivity contribution is -0.120. The first kappa shape index (κ1) is 15.1. The van der Waals surface area contributed by atoms with Gasteiger partial charge in [-0.1, -0.05) is 0 Å². The van der Waals surface area contributed by atoms with Gasteiger partial charge in [0.05, 0.1) is 5.69 Å². The highest BCUT2D eigenvalue weighted by atomic mass is 32.1. The Balaban J connectivity index is 2.46. The molecule has 0 atom stereocenters. The summed E-state index contributed by atoms with van der Waals surface area (Å²) in [6, 6.07) is -0.294. The molecule has 20 heavy (non-hydrogen) atoms. The van der Waals surface area contributed by atoms with Crippen LogP contribution >= 0.6 is 11.3 Å². The van der Waals surface area contributed by atoms with Crippen LogP contribution in [-0.2, 0) is 6.42 Å². The van der Waals surface area contributed by atoms with Crippen molar-refractivity contribution in [3.8, 4) is 0 Å². The smallest absolute Gasteiger partial charge is 0.344 e. The molecule has 112 valence electrons. The van der Waals surface area contributed by atoms with Crippen molar-refractivity contribution in [2.24, 2.45) is 5.73 Å². The Morgan fingerprint density at radius 3 is 2.70 bits per heavy atom. The minimum atomic E-state index is -4.26. The fourth-order valence-corrected chi connectivity index (χ4v) is 2.84. The van der Waals surface area contributed by atoms with Gasteiger partial charge in [0.1, 0.15) is 6.54 Å². The van der Waals surface area contributed by atoms with Gasteiger partial charge >= 0.3 is 6.18 Å². The van der Waals surface area contributed by atoms with Gasteiger partial charge in [0, 0.05) is 24.0 Å². The maximum atomic E-state index is 12.8. The quantitative estimate of drug-likeness (QED) is 0.924. The van der Waals surface area contributed by atoms with Crippen molar-refractivity contribution in [3.05, 3.63) is 17.3 Å². The van der Waals surface area contributed by atoms with Crippen molar-refractivity contribution < 1.29 is 13.2 Å². The van der Waals surface area contributed by atoms with Gasteiger partial charge in [-0.3, -0.25) is 4.40 Å². The van der Waals surface area contributed by atoms with E-state index in [0.29, 0.717) is 23.7 Å². The second-order valence-electron chi connectivity index (χ2n) is 4.81. The molecular weight excluding hydrogens is 289 g/mol. The van der Waals surface area contributed by atoms with Crippen LogP contribution in [0.25, 0.3) is 4.96 Å². The zero-order valence-corrected chi connectivity index (χ0v) is 12.1. The fraction of sp³-hybridized carbons (Fsp3) is 0.583. The van der Waals surface area contributed by atoms with Crippen LogP contribution in [0.15, 0.2) is 11.6 Å². The van der Waals surface area contributed by atoms with E-state index < -0.39 is 12.7 Å². The Kier molecular flexibility index (Phi) is 4.24. The summed E-state index contributed by atoms with van der Waals surface area (Å²) in [5.41, 5.74) is 6.31. The second-order valence-corrected chi connectivity index (χ2v) is 5.69. The molecule has 8 heteroatoms. The third-order valence-electron chi connectivity index (χ3n) is 2.97. The number of aromatic nitrogens is 2. The summed E-state index contributed by atoms with van der Waals surface area (Å²) in [5.74, 6) is 0.384. The Morgan fingerprint density at radius 2 is 2.15 bits per heavy atom. The Bertz CT molecular complexity index is 573. The molecule has 0 saturated carbocycles. The number of nitrogens with zero attached hydrogens (tertiary/aromatic N) is 3. The first-order valence-corrected chi connectivity index (χ1v) is 7.19. The number of hydrogen-bond acceptors (Lipinski definition) is 4. The van der Waals surface area contributed by atoms with Crippen molar-refractivity contribution >= 4 is 22.1 Å². The van der Waals surface area contributed by atoms with Crippen molar-refractivity contribution in [1.82, 2.24) is 9.38 Å². The fourth-order valence-electron chi connectivity index (χ4n) is 2.12. The first-order valence-electron chi connectivity index (χ1n) is 6.31. The lowest BCUT2D eigenvalue weighted by Crippen LogP contribution is -2.40. The third-order valence-corrected chi connectivity index (χ3v) is 3.72. The molecule has 0 amide bonds. The molecule has 2 N–H and O–H groups in total. The summed E-state index contributed by atoms with van der Waals surface area (Å²) in [4.78, 5) is 6.32. The predicted octanol–water partition coefficient (Wildman–Crippen LogP) is 2.67. The van der Waals surface area contributed by atoms with E-state index in [9.17, 15) is 13.2 Å². The number of nitrogens with two attached hydrogens (primary N) is 1. The lowest BCUT2D eigenvalue weighted by Gasteiger charge is -2.28. The summed E-state index contributed by atoms with van der Waals surface area (Å²) < 4.78 is 40.1. The molecule has 2 heterocycles. The minimum Gasteiger partial charge on any atom is -0.344 e. The molecule has 0 aliphatic rings. The summed E-state index contributed by atoms with van der Waals surface area (Å²) in [5, 5.41) is 1.86. The topological polar surface area (TPSA) is 46.6 Å². The summed E-state index contributed by atoms with van der Waals surface area (Å²) in [6.07, 6.45) is -1.96. The van der Waals surface area contributed by atoms with Crippen LogP contribution in [-0.4, -0.2) is 34.7 Å². The maximum Gasteiger partial charge on any atom is 0.405 e. The van der Waals surface area contributed by atoms with Gasteiger partial charge in [-0.25, -0.2) is 4.98 Å². The second kappa shape index (κ2) is 5.61. The molecule has 0 unspecified atom stereocenters. The summed E-state index contributed by atoms with van der Waals surface area (Å²) in [7, 11) is 0. The van der Waals surface area contributed by atoms with Crippen LogP contribution in [0.5, 0.6) is 0 Å². The third kappa shape index (κ3) is 3.06. The standard InChI is InChI=1S/C12H17F3N4S/c1-8(2)19(7-12(13,14)15)10-9(3-4-16)18-5-6-20-11(18)17-10/h5-6,8H,3-4,7,16H2,1-2H3. The maximum absolute atomic E-state index is 12.8. The number of fused-ring (bicyclic) bond motifs is 1. The number of thiazole rings is 1.